The van der Waals surface area contributed by atoms with E-state index in [1.54, 1.807) is 0 Å². The lowest BCUT2D eigenvalue weighted by atomic mass is 10.2. The van der Waals surface area contributed by atoms with Crippen LogP contribution in [0.3, 0.4) is 0 Å². The van der Waals surface area contributed by atoms with Crippen molar-refractivity contribution >= 4 is 62.2 Å². The fourth-order valence-corrected chi connectivity index (χ4v) is 7.20. The van der Waals surface area contributed by atoms with Crippen LogP contribution in [0.2, 0.25) is 8.67 Å². The molecule has 22 heavy (non-hydrogen) atoms. The Labute approximate surface area is 148 Å². The van der Waals surface area contributed by atoms with E-state index in [9.17, 15) is 13.2 Å². The molecule has 1 fully saturated rings. The van der Waals surface area contributed by atoms with Crippen molar-refractivity contribution in [3.63, 3.8) is 0 Å². The van der Waals surface area contributed by atoms with Crippen LogP contribution in [0.4, 0.5) is 0 Å². The molecule has 124 valence electrons. The molecular formula is C12H16Cl2N2O3S3. The normalized spacial score (nSPS) is 21.0. The predicted molar refractivity (Wildman–Crippen MR) is 92.4 cm³/mol. The minimum atomic E-state index is -3.84. The first-order valence-electron chi connectivity index (χ1n) is 6.62. The summed E-state index contributed by atoms with van der Waals surface area (Å²) < 4.78 is 27.1. The molecule has 0 spiro atoms. The van der Waals surface area contributed by atoms with Crippen LogP contribution < -0.4 is 5.32 Å². The van der Waals surface area contributed by atoms with E-state index in [-0.39, 0.29) is 27.1 Å². The zero-order valence-corrected chi connectivity index (χ0v) is 16.0. The first kappa shape index (κ1) is 18.4. The molecule has 1 saturated heterocycles. The molecule has 5 nitrogen and oxygen atoms in total. The van der Waals surface area contributed by atoms with Gasteiger partial charge >= 0.3 is 0 Å². The first-order valence-corrected chi connectivity index (χ1v) is 10.8. The van der Waals surface area contributed by atoms with Gasteiger partial charge in [0, 0.05) is 11.8 Å². The maximum Gasteiger partial charge on any atom is 0.246 e. The minimum Gasteiger partial charge on any atom is -0.352 e. The van der Waals surface area contributed by atoms with E-state index in [1.165, 1.54) is 22.1 Å². The van der Waals surface area contributed by atoms with Crippen LogP contribution in [0.15, 0.2) is 11.0 Å². The van der Waals surface area contributed by atoms with Gasteiger partial charge in [0.15, 0.2) is 0 Å². The Kier molecular flexibility index (Phi) is 6.07. The molecule has 10 heteroatoms. The molecule has 1 aromatic heterocycles. The number of thioether (sulfide) groups is 1. The van der Waals surface area contributed by atoms with Crippen molar-refractivity contribution in [2.45, 2.75) is 37.2 Å². The van der Waals surface area contributed by atoms with Gasteiger partial charge in [0.1, 0.15) is 15.3 Å². The van der Waals surface area contributed by atoms with E-state index in [0.717, 1.165) is 17.8 Å². The van der Waals surface area contributed by atoms with Crippen LogP contribution in [0.1, 0.15) is 20.3 Å². The van der Waals surface area contributed by atoms with Crippen LogP contribution in [0.5, 0.6) is 0 Å². The zero-order chi connectivity index (χ0) is 16.5. The fourth-order valence-electron chi connectivity index (χ4n) is 1.94. The smallest absolute Gasteiger partial charge is 0.246 e. The largest absolute Gasteiger partial charge is 0.352 e. The molecule has 0 saturated carbocycles. The summed E-state index contributed by atoms with van der Waals surface area (Å²) in [4.78, 5) is 12.3. The van der Waals surface area contributed by atoms with E-state index >= 15 is 0 Å². The Morgan fingerprint density at radius 1 is 1.55 bits per heavy atom. The molecule has 2 heterocycles. The molecule has 1 aliphatic heterocycles. The standard InChI is InChI=1S/C12H16Cl2N2O3S3/c1-3-7(2)15-12(17)8-5-20-6-16(8)22(18,19)9-4-10(13)21-11(9)14/h4,7-8H,3,5-6H2,1-2H3,(H,15,17). The highest BCUT2D eigenvalue weighted by Gasteiger charge is 2.41. The van der Waals surface area contributed by atoms with Crippen molar-refractivity contribution in [3.8, 4) is 0 Å². The number of hydrogen-bond donors (Lipinski definition) is 1. The molecule has 1 N–H and O–H groups in total. The number of nitrogens with zero attached hydrogens (tertiary/aromatic N) is 1. The maximum atomic E-state index is 12.7. The molecular weight excluding hydrogens is 387 g/mol. The summed E-state index contributed by atoms with van der Waals surface area (Å²) >= 11 is 14.2. The van der Waals surface area contributed by atoms with Gasteiger partial charge in [0.05, 0.1) is 10.2 Å². The van der Waals surface area contributed by atoms with Gasteiger partial charge in [-0.1, -0.05) is 30.1 Å². The van der Waals surface area contributed by atoms with Gasteiger partial charge in [0.25, 0.3) is 0 Å². The number of nitrogens with one attached hydrogen (secondary N) is 1. The Balaban J connectivity index is 2.26. The summed E-state index contributed by atoms with van der Waals surface area (Å²) in [6.45, 7) is 3.84. The highest BCUT2D eigenvalue weighted by molar-refractivity contribution is 8.00. The number of carbonyl (C=O) groups excluding carboxylic acids is 1. The van der Waals surface area contributed by atoms with Gasteiger partial charge in [-0.2, -0.15) is 4.31 Å². The van der Waals surface area contributed by atoms with Crippen molar-refractivity contribution in [3.05, 3.63) is 14.7 Å². The lowest BCUT2D eigenvalue weighted by molar-refractivity contribution is -0.124. The van der Waals surface area contributed by atoms with Crippen molar-refractivity contribution in [2.75, 3.05) is 11.6 Å². The van der Waals surface area contributed by atoms with Gasteiger partial charge in [-0.15, -0.1) is 23.1 Å². The topological polar surface area (TPSA) is 66.5 Å². The van der Waals surface area contributed by atoms with Crippen molar-refractivity contribution < 1.29 is 13.2 Å². The predicted octanol–water partition coefficient (Wildman–Crippen LogP) is 3.03. The highest BCUT2D eigenvalue weighted by Crippen LogP contribution is 2.38. The second-order valence-corrected chi connectivity index (χ2v) is 10.1. The van der Waals surface area contributed by atoms with Gasteiger partial charge in [-0.05, 0) is 19.4 Å². The van der Waals surface area contributed by atoms with Gasteiger partial charge < -0.3 is 5.32 Å². The Morgan fingerprint density at radius 3 is 2.77 bits per heavy atom. The summed E-state index contributed by atoms with van der Waals surface area (Å²) in [5.74, 6) is 0.377. The quantitative estimate of drug-likeness (QED) is 0.821. The van der Waals surface area contributed by atoms with E-state index in [1.807, 2.05) is 13.8 Å². The molecule has 2 atom stereocenters. The van der Waals surface area contributed by atoms with E-state index in [4.69, 9.17) is 23.2 Å². The number of amides is 1. The Morgan fingerprint density at radius 2 is 2.23 bits per heavy atom. The Bertz CT molecular complexity index is 663. The van der Waals surface area contributed by atoms with Gasteiger partial charge in [-0.25, -0.2) is 8.42 Å². The molecule has 1 aromatic rings. The first-order chi connectivity index (χ1) is 10.3. The van der Waals surface area contributed by atoms with Crippen molar-refractivity contribution in [1.82, 2.24) is 9.62 Å². The van der Waals surface area contributed by atoms with Crippen LogP contribution in [0.25, 0.3) is 0 Å². The second-order valence-electron chi connectivity index (χ2n) is 4.91. The lowest BCUT2D eigenvalue weighted by Crippen LogP contribution is -2.49. The highest BCUT2D eigenvalue weighted by atomic mass is 35.5. The van der Waals surface area contributed by atoms with Crippen LogP contribution in [0, 0.1) is 0 Å². The van der Waals surface area contributed by atoms with Crippen LogP contribution in [-0.4, -0.2) is 42.3 Å². The summed E-state index contributed by atoms with van der Waals surface area (Å²) in [7, 11) is -3.84. The SMILES string of the molecule is CCC(C)NC(=O)C1CSCN1S(=O)(=O)c1cc(Cl)sc1Cl. The molecule has 2 rings (SSSR count). The summed E-state index contributed by atoms with van der Waals surface area (Å²) in [5, 5.41) is 2.83. The molecule has 0 radical (unpaired) electrons. The summed E-state index contributed by atoms with van der Waals surface area (Å²) in [6, 6.07) is 0.608. The number of carbonyl (C=O) groups is 1. The number of thiophene rings is 1. The van der Waals surface area contributed by atoms with Crippen LogP contribution >= 0.6 is 46.3 Å². The van der Waals surface area contributed by atoms with Crippen molar-refractivity contribution in [2.24, 2.45) is 0 Å². The lowest BCUT2D eigenvalue weighted by Gasteiger charge is -2.23. The number of hydrogen-bond acceptors (Lipinski definition) is 5. The van der Waals surface area contributed by atoms with Crippen molar-refractivity contribution in [1.29, 1.82) is 0 Å². The second kappa shape index (κ2) is 7.27. The Hall–Kier alpha value is 0.01000. The number of rotatable bonds is 5. The molecule has 2 unspecified atom stereocenters. The number of halogens is 2. The van der Waals surface area contributed by atoms with E-state index < -0.39 is 16.1 Å². The molecule has 0 aliphatic carbocycles. The summed E-state index contributed by atoms with van der Waals surface area (Å²) in [6.07, 6.45) is 0.782. The maximum absolute atomic E-state index is 12.7. The van der Waals surface area contributed by atoms with Crippen LogP contribution in [-0.2, 0) is 14.8 Å². The minimum absolute atomic E-state index is 0.00170. The molecule has 1 amide bonds. The number of sulfonamides is 1. The summed E-state index contributed by atoms with van der Waals surface area (Å²) in [5.41, 5.74) is 0. The third-order valence-corrected chi connectivity index (χ3v) is 8.14. The van der Waals surface area contributed by atoms with Gasteiger partial charge in [-0.3, -0.25) is 4.79 Å². The average Bonchev–Trinajstić information content (AvgIpc) is 3.05. The van der Waals surface area contributed by atoms with E-state index in [0.29, 0.717) is 10.1 Å². The zero-order valence-electron chi connectivity index (χ0n) is 12.0. The molecule has 1 aliphatic rings. The third kappa shape index (κ3) is 3.73. The molecule has 0 aromatic carbocycles. The fraction of sp³-hybridized carbons (Fsp3) is 0.583. The molecule has 0 bridgehead atoms. The average molecular weight is 403 g/mol. The third-order valence-electron chi connectivity index (χ3n) is 3.36. The van der Waals surface area contributed by atoms with Gasteiger partial charge in [0.2, 0.25) is 15.9 Å². The monoisotopic (exact) mass is 402 g/mol. The van der Waals surface area contributed by atoms with E-state index in [2.05, 4.69) is 5.32 Å².